The first kappa shape index (κ1) is 10.5. The Balaban J connectivity index is 2.28. The molecule has 2 heterocycles. The van der Waals surface area contributed by atoms with Crippen molar-refractivity contribution in [3.8, 4) is 0 Å². The SMILES string of the molecule is CC(O)c1cccnc1Sc1nncs1. The predicted molar refractivity (Wildman–Crippen MR) is 58.9 cm³/mol. The summed E-state index contributed by atoms with van der Waals surface area (Å²) in [6, 6.07) is 3.67. The minimum atomic E-state index is -0.519. The Kier molecular flexibility index (Phi) is 3.30. The molecule has 0 aromatic carbocycles. The molecule has 0 aliphatic carbocycles. The van der Waals surface area contributed by atoms with Crippen molar-refractivity contribution in [2.45, 2.75) is 22.4 Å². The van der Waals surface area contributed by atoms with Crippen LogP contribution >= 0.6 is 23.1 Å². The van der Waals surface area contributed by atoms with E-state index in [4.69, 9.17) is 0 Å². The maximum Gasteiger partial charge on any atom is 0.180 e. The second kappa shape index (κ2) is 4.69. The molecule has 0 aliphatic rings. The Bertz CT molecular complexity index is 431. The lowest BCUT2D eigenvalue weighted by Crippen LogP contribution is -1.95. The molecule has 2 aromatic rings. The molecule has 0 fully saturated rings. The summed E-state index contributed by atoms with van der Waals surface area (Å²) in [5, 5.41) is 18.0. The van der Waals surface area contributed by atoms with Gasteiger partial charge in [-0.3, -0.25) is 0 Å². The summed E-state index contributed by atoms with van der Waals surface area (Å²) in [6.45, 7) is 1.72. The van der Waals surface area contributed by atoms with Crippen LogP contribution in [0, 0.1) is 0 Å². The molecule has 2 rings (SSSR count). The normalized spacial score (nSPS) is 12.7. The fourth-order valence-electron chi connectivity index (χ4n) is 1.10. The van der Waals surface area contributed by atoms with Gasteiger partial charge in [0.2, 0.25) is 0 Å². The summed E-state index contributed by atoms with van der Waals surface area (Å²) >= 11 is 2.88. The fourth-order valence-corrected chi connectivity index (χ4v) is 2.66. The third-order valence-corrected chi connectivity index (χ3v) is 3.59. The molecule has 0 bridgehead atoms. The molecular formula is C9H9N3OS2. The molecule has 0 aliphatic heterocycles. The first-order valence-electron chi connectivity index (χ1n) is 4.34. The van der Waals surface area contributed by atoms with E-state index in [-0.39, 0.29) is 0 Å². The zero-order valence-electron chi connectivity index (χ0n) is 7.99. The highest BCUT2D eigenvalue weighted by molar-refractivity contribution is 8.01. The van der Waals surface area contributed by atoms with Crippen molar-refractivity contribution in [1.29, 1.82) is 0 Å². The van der Waals surface area contributed by atoms with Crippen LogP contribution in [0.3, 0.4) is 0 Å². The van der Waals surface area contributed by atoms with E-state index in [1.54, 1.807) is 18.6 Å². The van der Waals surface area contributed by atoms with E-state index >= 15 is 0 Å². The minimum Gasteiger partial charge on any atom is -0.389 e. The van der Waals surface area contributed by atoms with Gasteiger partial charge < -0.3 is 5.11 Å². The van der Waals surface area contributed by atoms with Crippen LogP contribution in [0.4, 0.5) is 0 Å². The number of aliphatic hydroxyl groups excluding tert-OH is 1. The number of hydrogen-bond donors (Lipinski definition) is 1. The lowest BCUT2D eigenvalue weighted by atomic mass is 10.2. The molecule has 0 spiro atoms. The molecule has 0 saturated carbocycles. The van der Waals surface area contributed by atoms with Crippen LogP contribution in [-0.2, 0) is 0 Å². The molecular weight excluding hydrogens is 230 g/mol. The molecule has 1 atom stereocenters. The molecule has 0 radical (unpaired) electrons. The first-order valence-corrected chi connectivity index (χ1v) is 6.04. The average Bonchev–Trinajstić information content (AvgIpc) is 2.71. The largest absolute Gasteiger partial charge is 0.389 e. The number of nitrogens with zero attached hydrogens (tertiary/aromatic N) is 3. The third kappa shape index (κ3) is 2.53. The first-order chi connectivity index (χ1) is 7.27. The van der Waals surface area contributed by atoms with Crippen LogP contribution in [0.1, 0.15) is 18.6 Å². The predicted octanol–water partition coefficient (Wildman–Crippen LogP) is 2.14. The highest BCUT2D eigenvalue weighted by Crippen LogP contribution is 2.31. The fraction of sp³-hybridized carbons (Fsp3) is 0.222. The number of aromatic nitrogens is 3. The van der Waals surface area contributed by atoms with Crippen LogP contribution in [0.5, 0.6) is 0 Å². The second-order valence-electron chi connectivity index (χ2n) is 2.88. The van der Waals surface area contributed by atoms with E-state index in [0.717, 1.165) is 14.9 Å². The summed E-state index contributed by atoms with van der Waals surface area (Å²) in [6.07, 6.45) is 1.18. The van der Waals surface area contributed by atoms with Crippen molar-refractivity contribution in [2.24, 2.45) is 0 Å². The van der Waals surface area contributed by atoms with Crippen LogP contribution in [-0.4, -0.2) is 20.3 Å². The van der Waals surface area contributed by atoms with Gasteiger partial charge in [0, 0.05) is 11.8 Å². The molecule has 1 N–H and O–H groups in total. The molecule has 15 heavy (non-hydrogen) atoms. The van der Waals surface area contributed by atoms with E-state index in [0.29, 0.717) is 0 Å². The van der Waals surface area contributed by atoms with Crippen molar-refractivity contribution < 1.29 is 5.11 Å². The lowest BCUT2D eigenvalue weighted by Gasteiger charge is -2.08. The van der Waals surface area contributed by atoms with Gasteiger partial charge >= 0.3 is 0 Å². The Morgan fingerprint density at radius 3 is 3.07 bits per heavy atom. The Morgan fingerprint density at radius 2 is 2.40 bits per heavy atom. The topological polar surface area (TPSA) is 58.9 Å². The number of pyridine rings is 1. The summed E-state index contributed by atoms with van der Waals surface area (Å²) in [5.41, 5.74) is 2.49. The van der Waals surface area contributed by atoms with Crippen molar-refractivity contribution in [1.82, 2.24) is 15.2 Å². The standard InChI is InChI=1S/C9H9N3OS2/c1-6(13)7-3-2-4-10-8(7)15-9-12-11-5-14-9/h2-6,13H,1H3. The molecule has 1 unspecified atom stereocenters. The van der Waals surface area contributed by atoms with Crippen molar-refractivity contribution in [3.05, 3.63) is 29.4 Å². The summed E-state index contributed by atoms with van der Waals surface area (Å²) in [7, 11) is 0. The number of aliphatic hydroxyl groups is 1. The van der Waals surface area contributed by atoms with Gasteiger partial charge in [0.25, 0.3) is 0 Å². The molecule has 4 nitrogen and oxygen atoms in total. The smallest absolute Gasteiger partial charge is 0.180 e. The van der Waals surface area contributed by atoms with Crippen molar-refractivity contribution in [3.63, 3.8) is 0 Å². The number of rotatable bonds is 3. The maximum absolute atomic E-state index is 9.55. The minimum absolute atomic E-state index is 0.519. The summed E-state index contributed by atoms with van der Waals surface area (Å²) in [5.74, 6) is 0. The van der Waals surface area contributed by atoms with Crippen molar-refractivity contribution >= 4 is 23.1 Å². The van der Waals surface area contributed by atoms with Gasteiger partial charge in [-0.2, -0.15) is 0 Å². The molecule has 0 saturated heterocycles. The van der Waals surface area contributed by atoms with Gasteiger partial charge in [-0.05, 0) is 24.8 Å². The summed E-state index contributed by atoms with van der Waals surface area (Å²) < 4.78 is 0.829. The zero-order valence-corrected chi connectivity index (χ0v) is 9.63. The molecule has 0 amide bonds. The van der Waals surface area contributed by atoms with Crippen LogP contribution in [0.2, 0.25) is 0 Å². The maximum atomic E-state index is 9.55. The Hall–Kier alpha value is -0.980. The zero-order chi connectivity index (χ0) is 10.7. The average molecular weight is 239 g/mol. The lowest BCUT2D eigenvalue weighted by molar-refractivity contribution is 0.195. The highest BCUT2D eigenvalue weighted by Gasteiger charge is 2.11. The van der Waals surface area contributed by atoms with Crippen molar-refractivity contribution in [2.75, 3.05) is 0 Å². The van der Waals surface area contributed by atoms with Gasteiger partial charge in [-0.15, -0.1) is 10.2 Å². The van der Waals surface area contributed by atoms with Gasteiger partial charge in [0.05, 0.1) is 6.10 Å². The van der Waals surface area contributed by atoms with Gasteiger partial charge in [-0.25, -0.2) is 4.98 Å². The number of hydrogen-bond acceptors (Lipinski definition) is 6. The Labute approximate surface area is 95.4 Å². The molecule has 6 heteroatoms. The van der Waals surface area contributed by atoms with Crippen LogP contribution < -0.4 is 0 Å². The summed E-state index contributed by atoms with van der Waals surface area (Å²) in [4.78, 5) is 4.22. The highest BCUT2D eigenvalue weighted by atomic mass is 32.2. The molecule has 2 aromatic heterocycles. The monoisotopic (exact) mass is 239 g/mol. The van der Waals surface area contributed by atoms with Crippen LogP contribution in [0.15, 0.2) is 33.2 Å². The van der Waals surface area contributed by atoms with Crippen LogP contribution in [0.25, 0.3) is 0 Å². The van der Waals surface area contributed by atoms with E-state index in [1.165, 1.54) is 23.1 Å². The van der Waals surface area contributed by atoms with E-state index < -0.39 is 6.10 Å². The Morgan fingerprint density at radius 1 is 1.53 bits per heavy atom. The quantitative estimate of drug-likeness (QED) is 0.889. The molecule has 78 valence electrons. The third-order valence-electron chi connectivity index (χ3n) is 1.77. The van der Waals surface area contributed by atoms with Gasteiger partial charge in [-0.1, -0.05) is 17.4 Å². The van der Waals surface area contributed by atoms with Gasteiger partial charge in [0.15, 0.2) is 4.34 Å². The second-order valence-corrected chi connectivity index (χ2v) is 4.95. The van der Waals surface area contributed by atoms with Gasteiger partial charge in [0.1, 0.15) is 10.5 Å². The van der Waals surface area contributed by atoms with E-state index in [9.17, 15) is 5.11 Å². The van der Waals surface area contributed by atoms with E-state index in [1.807, 2.05) is 12.1 Å². The van der Waals surface area contributed by atoms with E-state index in [2.05, 4.69) is 15.2 Å².